The van der Waals surface area contributed by atoms with Gasteiger partial charge in [-0.2, -0.15) is 0 Å². The van der Waals surface area contributed by atoms with Crippen molar-refractivity contribution in [3.8, 4) is 5.75 Å². The van der Waals surface area contributed by atoms with Gasteiger partial charge in [0.25, 0.3) is 0 Å². The van der Waals surface area contributed by atoms with Gasteiger partial charge >= 0.3 is 0 Å². The Morgan fingerprint density at radius 1 is 1.46 bits per heavy atom. The van der Waals surface area contributed by atoms with Crippen LogP contribution in [0.5, 0.6) is 5.75 Å². The maximum Gasteiger partial charge on any atom is 0.153 e. The Balaban J connectivity index is 2.54. The fourth-order valence-corrected chi connectivity index (χ4v) is 1.67. The second-order valence-electron chi connectivity index (χ2n) is 3.19. The van der Waals surface area contributed by atoms with Crippen LogP contribution in [-0.4, -0.2) is 17.9 Å². The average molecular weight is 177 g/mol. The predicted octanol–water partition coefficient (Wildman–Crippen LogP) is 0.850. The van der Waals surface area contributed by atoms with E-state index in [1.165, 1.54) is 0 Å². The summed E-state index contributed by atoms with van der Waals surface area (Å²) in [6, 6.07) is 3.55. The molecule has 2 N–H and O–H groups in total. The zero-order chi connectivity index (χ0) is 9.26. The molecule has 13 heavy (non-hydrogen) atoms. The van der Waals surface area contributed by atoms with Crippen LogP contribution >= 0.6 is 0 Å². The number of hydrogen-bond acceptors (Lipinski definition) is 3. The third kappa shape index (κ3) is 1.31. The number of nitrogens with one attached hydrogen (secondary N) is 1. The number of phenolic OH excluding ortho intramolecular Hbond substituents is 1. The van der Waals surface area contributed by atoms with E-state index in [1.54, 1.807) is 6.07 Å². The van der Waals surface area contributed by atoms with Gasteiger partial charge in [-0.05, 0) is 24.6 Å². The second kappa shape index (κ2) is 3.18. The minimum atomic E-state index is 0.161. The summed E-state index contributed by atoms with van der Waals surface area (Å²) in [6.07, 6.45) is 1.49. The van der Waals surface area contributed by atoms with Gasteiger partial charge in [0.05, 0.1) is 5.56 Å². The van der Waals surface area contributed by atoms with Gasteiger partial charge in [0.1, 0.15) is 5.75 Å². The molecule has 1 heterocycles. The summed E-state index contributed by atoms with van der Waals surface area (Å²) in [6.45, 7) is 1.64. The highest BCUT2D eigenvalue weighted by Crippen LogP contribution is 2.27. The van der Waals surface area contributed by atoms with Crippen molar-refractivity contribution in [1.82, 2.24) is 5.32 Å². The van der Waals surface area contributed by atoms with Crippen LogP contribution in [0, 0.1) is 0 Å². The highest BCUT2D eigenvalue weighted by atomic mass is 16.3. The molecule has 2 rings (SSSR count). The summed E-state index contributed by atoms with van der Waals surface area (Å²) in [5.74, 6) is 0.161. The molecule has 0 saturated heterocycles. The topological polar surface area (TPSA) is 49.3 Å². The molecule has 0 unspecified atom stereocenters. The molecule has 1 aromatic rings. The van der Waals surface area contributed by atoms with Crippen molar-refractivity contribution in [3.05, 3.63) is 28.8 Å². The summed E-state index contributed by atoms with van der Waals surface area (Å²) in [7, 11) is 0. The van der Waals surface area contributed by atoms with Crippen molar-refractivity contribution < 1.29 is 9.90 Å². The molecule has 0 aliphatic carbocycles. The smallest absolute Gasteiger partial charge is 0.153 e. The van der Waals surface area contributed by atoms with Gasteiger partial charge in [-0.1, -0.05) is 6.07 Å². The number of aldehydes is 1. The Labute approximate surface area is 76.4 Å². The van der Waals surface area contributed by atoms with E-state index in [1.807, 2.05) is 6.07 Å². The molecule has 1 aromatic carbocycles. The zero-order valence-corrected chi connectivity index (χ0v) is 7.21. The molecule has 3 heteroatoms. The minimum Gasteiger partial charge on any atom is -0.507 e. The molecule has 0 bridgehead atoms. The van der Waals surface area contributed by atoms with Crippen molar-refractivity contribution in [2.24, 2.45) is 0 Å². The normalized spacial score (nSPS) is 15.1. The van der Waals surface area contributed by atoms with Gasteiger partial charge in [-0.3, -0.25) is 4.79 Å². The van der Waals surface area contributed by atoms with E-state index in [2.05, 4.69) is 5.32 Å². The number of carbonyl (C=O) groups is 1. The van der Waals surface area contributed by atoms with Crippen LogP contribution < -0.4 is 5.32 Å². The number of hydrogen-bond donors (Lipinski definition) is 2. The molecular weight excluding hydrogens is 166 g/mol. The van der Waals surface area contributed by atoms with Gasteiger partial charge < -0.3 is 10.4 Å². The molecule has 0 aromatic heterocycles. The Hall–Kier alpha value is -1.35. The minimum absolute atomic E-state index is 0.161. The van der Waals surface area contributed by atoms with Crippen molar-refractivity contribution in [2.75, 3.05) is 6.54 Å². The monoisotopic (exact) mass is 177 g/mol. The number of benzene rings is 1. The lowest BCUT2D eigenvalue weighted by Crippen LogP contribution is -2.23. The lowest BCUT2D eigenvalue weighted by Gasteiger charge is -2.18. The third-order valence-electron chi connectivity index (χ3n) is 2.41. The molecule has 1 aliphatic rings. The molecule has 3 nitrogen and oxygen atoms in total. The van der Waals surface area contributed by atoms with Crippen molar-refractivity contribution in [1.29, 1.82) is 0 Å². The number of fused-ring (bicyclic) bond motifs is 1. The summed E-state index contributed by atoms with van der Waals surface area (Å²) in [4.78, 5) is 10.5. The molecule has 1 aliphatic heterocycles. The quantitative estimate of drug-likeness (QED) is 0.625. The summed E-state index contributed by atoms with van der Waals surface area (Å²) < 4.78 is 0. The molecule has 0 radical (unpaired) electrons. The number of phenols is 1. The average Bonchev–Trinajstić information content (AvgIpc) is 2.19. The first kappa shape index (κ1) is 8.26. The highest BCUT2D eigenvalue weighted by molar-refractivity contribution is 5.80. The van der Waals surface area contributed by atoms with Gasteiger partial charge in [-0.25, -0.2) is 0 Å². The zero-order valence-electron chi connectivity index (χ0n) is 7.21. The molecule has 68 valence electrons. The molecule has 0 fully saturated rings. The standard InChI is InChI=1S/C10H11NO2/c12-6-8-2-1-7-5-11-4-3-9(7)10(8)13/h1-2,6,11,13H,3-5H2. The van der Waals surface area contributed by atoms with E-state index < -0.39 is 0 Å². The van der Waals surface area contributed by atoms with Crippen LogP contribution in [0.4, 0.5) is 0 Å². The summed E-state index contributed by atoms with van der Waals surface area (Å²) >= 11 is 0. The molecule has 0 spiro atoms. The highest BCUT2D eigenvalue weighted by Gasteiger charge is 2.14. The van der Waals surface area contributed by atoms with Gasteiger partial charge in [-0.15, -0.1) is 0 Å². The van der Waals surface area contributed by atoms with E-state index in [4.69, 9.17) is 0 Å². The van der Waals surface area contributed by atoms with Crippen LogP contribution in [-0.2, 0) is 13.0 Å². The molecule has 0 amide bonds. The number of rotatable bonds is 1. The van der Waals surface area contributed by atoms with Crippen LogP contribution in [0.2, 0.25) is 0 Å². The second-order valence-corrected chi connectivity index (χ2v) is 3.19. The number of carbonyl (C=O) groups excluding carboxylic acids is 1. The Kier molecular flexibility index (Phi) is 2.02. The maximum atomic E-state index is 10.5. The van der Waals surface area contributed by atoms with Crippen molar-refractivity contribution in [3.63, 3.8) is 0 Å². The molecule has 0 saturated carbocycles. The van der Waals surface area contributed by atoms with Crippen LogP contribution in [0.15, 0.2) is 12.1 Å². The van der Waals surface area contributed by atoms with E-state index in [0.29, 0.717) is 11.8 Å². The maximum absolute atomic E-state index is 10.5. The fraction of sp³-hybridized carbons (Fsp3) is 0.300. The SMILES string of the molecule is O=Cc1ccc2c(c1O)CCNC2. The predicted molar refractivity (Wildman–Crippen MR) is 48.9 cm³/mol. The van der Waals surface area contributed by atoms with E-state index >= 15 is 0 Å². The van der Waals surface area contributed by atoms with Crippen LogP contribution in [0.1, 0.15) is 21.5 Å². The Morgan fingerprint density at radius 3 is 3.08 bits per heavy atom. The number of aromatic hydroxyl groups is 1. The van der Waals surface area contributed by atoms with Crippen LogP contribution in [0.25, 0.3) is 0 Å². The van der Waals surface area contributed by atoms with Crippen molar-refractivity contribution in [2.45, 2.75) is 13.0 Å². The third-order valence-corrected chi connectivity index (χ3v) is 2.41. The summed E-state index contributed by atoms with van der Waals surface area (Å²) in [5, 5.41) is 12.9. The van der Waals surface area contributed by atoms with Crippen molar-refractivity contribution >= 4 is 6.29 Å². The Bertz CT molecular complexity index is 347. The van der Waals surface area contributed by atoms with Gasteiger partial charge in [0.2, 0.25) is 0 Å². The fourth-order valence-electron chi connectivity index (χ4n) is 1.67. The summed E-state index contributed by atoms with van der Waals surface area (Å²) in [5.41, 5.74) is 2.40. The molecule has 0 atom stereocenters. The lowest BCUT2D eigenvalue weighted by atomic mass is 9.97. The first-order chi connectivity index (χ1) is 6.33. The first-order valence-corrected chi connectivity index (χ1v) is 4.32. The van der Waals surface area contributed by atoms with E-state index in [0.717, 1.165) is 30.6 Å². The first-order valence-electron chi connectivity index (χ1n) is 4.32. The van der Waals surface area contributed by atoms with E-state index in [-0.39, 0.29) is 5.75 Å². The van der Waals surface area contributed by atoms with Gasteiger partial charge in [0, 0.05) is 12.1 Å². The largest absolute Gasteiger partial charge is 0.507 e. The van der Waals surface area contributed by atoms with E-state index in [9.17, 15) is 9.90 Å². The Morgan fingerprint density at radius 2 is 2.31 bits per heavy atom. The van der Waals surface area contributed by atoms with Gasteiger partial charge in [0.15, 0.2) is 6.29 Å². The van der Waals surface area contributed by atoms with Crippen LogP contribution in [0.3, 0.4) is 0 Å². The lowest BCUT2D eigenvalue weighted by molar-refractivity contribution is 0.112. The molecular formula is C10H11NO2.